The van der Waals surface area contributed by atoms with Crippen LogP contribution in [0.1, 0.15) is 46.6 Å². The number of methoxy groups -OCH3 is 1. The summed E-state index contributed by atoms with van der Waals surface area (Å²) in [6.07, 6.45) is 0.664. The van der Waals surface area contributed by atoms with Crippen LogP contribution in [0.15, 0.2) is 24.3 Å². The van der Waals surface area contributed by atoms with E-state index in [2.05, 4.69) is 39.5 Å². The molecule has 1 heterocycles. The topological polar surface area (TPSA) is 29.5 Å². The fourth-order valence-corrected chi connectivity index (χ4v) is 4.96. The molecule has 3 rings (SSSR count). The van der Waals surface area contributed by atoms with Gasteiger partial charge in [-0.05, 0) is 40.9 Å². The number of fused-ring (bicyclic) bond motifs is 1. The van der Waals surface area contributed by atoms with Crippen molar-refractivity contribution in [3.05, 3.63) is 29.8 Å². The van der Waals surface area contributed by atoms with Crippen LogP contribution in [0.5, 0.6) is 5.75 Å². The Bertz CT molecular complexity index is 606. The molecule has 0 bridgehead atoms. The van der Waals surface area contributed by atoms with E-state index in [1.165, 1.54) is 0 Å². The van der Waals surface area contributed by atoms with Crippen LogP contribution < -0.4 is 4.74 Å². The smallest absolute Gasteiger partial charge is 0.223 e. The van der Waals surface area contributed by atoms with Crippen molar-refractivity contribution in [2.24, 2.45) is 16.2 Å². The van der Waals surface area contributed by atoms with E-state index in [0.29, 0.717) is 13.0 Å². The predicted octanol–water partition coefficient (Wildman–Crippen LogP) is 3.87. The van der Waals surface area contributed by atoms with Crippen LogP contribution in [-0.2, 0) is 11.3 Å². The highest BCUT2D eigenvalue weighted by atomic mass is 16.5. The summed E-state index contributed by atoms with van der Waals surface area (Å²) in [4.78, 5) is 14.8. The molecule has 0 spiro atoms. The zero-order chi connectivity index (χ0) is 16.3. The van der Waals surface area contributed by atoms with Gasteiger partial charge in [0, 0.05) is 19.0 Å². The van der Waals surface area contributed by atoms with Gasteiger partial charge in [-0.1, -0.05) is 39.8 Å². The van der Waals surface area contributed by atoms with E-state index < -0.39 is 0 Å². The Kier molecular flexibility index (Phi) is 3.15. The molecule has 1 aliphatic carbocycles. The van der Waals surface area contributed by atoms with Gasteiger partial charge in [-0.15, -0.1) is 0 Å². The summed E-state index contributed by atoms with van der Waals surface area (Å²) in [5, 5.41) is 0. The Morgan fingerprint density at radius 3 is 2.32 bits per heavy atom. The summed E-state index contributed by atoms with van der Waals surface area (Å²) in [5.74, 6) is 1.14. The Balaban J connectivity index is 1.84. The minimum Gasteiger partial charge on any atom is -0.497 e. The number of likely N-dealkylation sites (tertiary alicyclic amines) is 1. The minimum absolute atomic E-state index is 0.132. The molecule has 1 aromatic carbocycles. The molecule has 120 valence electrons. The first-order chi connectivity index (χ1) is 10.2. The quantitative estimate of drug-likeness (QED) is 0.848. The van der Waals surface area contributed by atoms with Gasteiger partial charge in [-0.2, -0.15) is 0 Å². The number of carbonyl (C=O) groups is 1. The molecule has 1 saturated carbocycles. The van der Waals surface area contributed by atoms with E-state index >= 15 is 0 Å². The van der Waals surface area contributed by atoms with Crippen molar-refractivity contribution in [1.29, 1.82) is 0 Å². The van der Waals surface area contributed by atoms with Gasteiger partial charge in [0.05, 0.1) is 7.11 Å². The lowest BCUT2D eigenvalue weighted by Crippen LogP contribution is -2.49. The van der Waals surface area contributed by atoms with Gasteiger partial charge in [0.1, 0.15) is 5.75 Å². The first kappa shape index (κ1) is 15.4. The summed E-state index contributed by atoms with van der Waals surface area (Å²) < 4.78 is 5.20. The van der Waals surface area contributed by atoms with Crippen molar-refractivity contribution in [2.45, 2.75) is 53.6 Å². The van der Waals surface area contributed by atoms with E-state index in [4.69, 9.17) is 4.74 Å². The van der Waals surface area contributed by atoms with Gasteiger partial charge in [-0.3, -0.25) is 4.79 Å². The fourth-order valence-electron chi connectivity index (χ4n) is 4.96. The van der Waals surface area contributed by atoms with Gasteiger partial charge in [0.25, 0.3) is 0 Å². The average molecular weight is 301 g/mol. The third kappa shape index (κ3) is 1.65. The van der Waals surface area contributed by atoms with Crippen molar-refractivity contribution >= 4 is 5.91 Å². The zero-order valence-corrected chi connectivity index (χ0v) is 14.6. The first-order valence-electron chi connectivity index (χ1n) is 8.11. The first-order valence-corrected chi connectivity index (χ1v) is 8.11. The molecule has 3 unspecified atom stereocenters. The second-order valence-electron chi connectivity index (χ2n) is 7.88. The molecule has 2 fully saturated rings. The molecule has 3 heteroatoms. The molecule has 1 aromatic rings. The molecule has 2 aliphatic rings. The third-order valence-electron chi connectivity index (χ3n) is 7.40. The van der Waals surface area contributed by atoms with Crippen LogP contribution in [0.3, 0.4) is 0 Å². The lowest BCUT2D eigenvalue weighted by atomic mass is 9.82. The lowest BCUT2D eigenvalue weighted by Gasteiger charge is -2.41. The van der Waals surface area contributed by atoms with Crippen molar-refractivity contribution in [3.63, 3.8) is 0 Å². The SMILES string of the molecule is COc1ccc(CN2C(=O)CC3(C)C(C)(C)C3(C)C2C)cc1. The second kappa shape index (κ2) is 4.50. The van der Waals surface area contributed by atoms with Crippen LogP contribution in [0.2, 0.25) is 0 Å². The van der Waals surface area contributed by atoms with E-state index in [1.807, 2.05) is 24.3 Å². The summed E-state index contributed by atoms with van der Waals surface area (Å²) >= 11 is 0. The number of ether oxygens (including phenoxy) is 1. The predicted molar refractivity (Wildman–Crippen MR) is 87.6 cm³/mol. The number of piperidine rings is 1. The van der Waals surface area contributed by atoms with Crippen molar-refractivity contribution in [2.75, 3.05) is 7.11 Å². The number of rotatable bonds is 3. The molecule has 3 nitrogen and oxygen atoms in total. The number of benzene rings is 1. The van der Waals surface area contributed by atoms with Crippen molar-refractivity contribution in [1.82, 2.24) is 4.90 Å². The molecule has 22 heavy (non-hydrogen) atoms. The number of carbonyl (C=O) groups excluding carboxylic acids is 1. The maximum Gasteiger partial charge on any atom is 0.223 e. The van der Waals surface area contributed by atoms with Gasteiger partial charge < -0.3 is 9.64 Å². The molecular formula is C19H27NO2. The zero-order valence-electron chi connectivity index (χ0n) is 14.6. The molecule has 0 N–H and O–H groups in total. The molecule has 1 amide bonds. The van der Waals surface area contributed by atoms with E-state index in [-0.39, 0.29) is 28.2 Å². The number of nitrogens with zero attached hydrogens (tertiary/aromatic N) is 1. The Hall–Kier alpha value is -1.51. The summed E-state index contributed by atoms with van der Waals surface area (Å²) in [6.45, 7) is 12.2. The van der Waals surface area contributed by atoms with E-state index in [1.54, 1.807) is 7.11 Å². The lowest BCUT2D eigenvalue weighted by molar-refractivity contribution is -0.141. The molecule has 1 saturated heterocycles. The summed E-state index contributed by atoms with van der Waals surface area (Å²) in [7, 11) is 1.67. The largest absolute Gasteiger partial charge is 0.497 e. The molecule has 1 aliphatic heterocycles. The fraction of sp³-hybridized carbons (Fsp3) is 0.632. The molecule has 3 atom stereocenters. The van der Waals surface area contributed by atoms with Crippen LogP contribution in [0.4, 0.5) is 0 Å². The van der Waals surface area contributed by atoms with Gasteiger partial charge in [-0.25, -0.2) is 0 Å². The highest BCUT2D eigenvalue weighted by Gasteiger charge is 2.81. The third-order valence-corrected chi connectivity index (χ3v) is 7.40. The second-order valence-corrected chi connectivity index (χ2v) is 7.88. The molecule has 0 aromatic heterocycles. The summed E-state index contributed by atoms with van der Waals surface area (Å²) in [6, 6.07) is 8.28. The van der Waals surface area contributed by atoms with Gasteiger partial charge in [0.2, 0.25) is 5.91 Å². The number of hydrogen-bond donors (Lipinski definition) is 0. The number of amides is 1. The van der Waals surface area contributed by atoms with Crippen molar-refractivity contribution in [3.8, 4) is 5.75 Å². The standard InChI is InChI=1S/C19H27NO2/c1-13-19(5)17(2,3)18(19,4)11-16(21)20(13)12-14-7-9-15(22-6)10-8-14/h7-10,13H,11-12H2,1-6H3. The summed E-state index contributed by atoms with van der Waals surface area (Å²) in [5.41, 5.74) is 1.70. The van der Waals surface area contributed by atoms with Crippen molar-refractivity contribution < 1.29 is 9.53 Å². The molecule has 0 radical (unpaired) electrons. The van der Waals surface area contributed by atoms with Crippen LogP contribution >= 0.6 is 0 Å². The average Bonchev–Trinajstić information content (AvgIpc) is 2.84. The van der Waals surface area contributed by atoms with Crippen LogP contribution in [-0.4, -0.2) is 24.0 Å². The Morgan fingerprint density at radius 2 is 1.77 bits per heavy atom. The normalized spacial score (nSPS) is 36.0. The van der Waals surface area contributed by atoms with Crippen LogP contribution in [0.25, 0.3) is 0 Å². The Labute approximate surface area is 133 Å². The van der Waals surface area contributed by atoms with E-state index in [0.717, 1.165) is 11.3 Å². The highest BCUT2D eigenvalue weighted by Crippen LogP contribution is 2.82. The highest BCUT2D eigenvalue weighted by molar-refractivity contribution is 5.80. The van der Waals surface area contributed by atoms with Gasteiger partial charge >= 0.3 is 0 Å². The number of hydrogen-bond acceptors (Lipinski definition) is 2. The van der Waals surface area contributed by atoms with Gasteiger partial charge in [0.15, 0.2) is 0 Å². The van der Waals surface area contributed by atoms with Crippen LogP contribution in [0, 0.1) is 16.2 Å². The monoisotopic (exact) mass is 301 g/mol. The Morgan fingerprint density at radius 1 is 1.18 bits per heavy atom. The molecular weight excluding hydrogens is 274 g/mol. The maximum absolute atomic E-state index is 12.7. The minimum atomic E-state index is 0.132. The van der Waals surface area contributed by atoms with E-state index in [9.17, 15) is 4.79 Å². The maximum atomic E-state index is 12.7.